The van der Waals surface area contributed by atoms with Crippen LogP contribution in [0.5, 0.6) is 0 Å². The summed E-state index contributed by atoms with van der Waals surface area (Å²) in [5.74, 6) is 1.66. The van der Waals surface area contributed by atoms with Crippen LogP contribution in [0.1, 0.15) is 19.8 Å². The van der Waals surface area contributed by atoms with E-state index in [2.05, 4.69) is 27.1 Å². The number of amides is 1. The van der Waals surface area contributed by atoms with E-state index in [-0.39, 0.29) is 24.4 Å². The average molecular weight is 326 g/mol. The number of nitrogens with zero attached hydrogens (tertiary/aromatic N) is 4. The first-order chi connectivity index (χ1) is 10.2. The molecule has 1 aromatic heterocycles. The largest absolute Gasteiger partial charge is 0.338 e. The van der Waals surface area contributed by atoms with E-state index in [1.807, 2.05) is 11.0 Å². The normalized spacial score (nSPS) is 25.5. The molecule has 122 valence electrons. The van der Waals surface area contributed by atoms with Gasteiger partial charge in [-0.1, -0.05) is 6.92 Å². The van der Waals surface area contributed by atoms with Crippen LogP contribution in [0.25, 0.3) is 0 Å². The quantitative estimate of drug-likeness (QED) is 0.876. The van der Waals surface area contributed by atoms with Gasteiger partial charge in [0.05, 0.1) is 6.04 Å². The second kappa shape index (κ2) is 7.74. The minimum Gasteiger partial charge on any atom is -0.338 e. The third-order valence-corrected chi connectivity index (χ3v) is 4.39. The lowest BCUT2D eigenvalue weighted by Gasteiger charge is -2.38. The van der Waals surface area contributed by atoms with Crippen molar-refractivity contribution >= 4 is 24.3 Å². The number of hydrogen-bond acceptors (Lipinski definition) is 5. The van der Waals surface area contributed by atoms with Crippen molar-refractivity contribution in [3.63, 3.8) is 0 Å². The van der Waals surface area contributed by atoms with Gasteiger partial charge in [-0.25, -0.2) is 9.97 Å². The van der Waals surface area contributed by atoms with Gasteiger partial charge in [0.25, 0.3) is 0 Å². The van der Waals surface area contributed by atoms with Crippen LogP contribution >= 0.6 is 12.4 Å². The van der Waals surface area contributed by atoms with Gasteiger partial charge >= 0.3 is 0 Å². The lowest BCUT2D eigenvalue weighted by atomic mass is 9.93. The lowest BCUT2D eigenvalue weighted by Crippen LogP contribution is -2.56. The van der Waals surface area contributed by atoms with Crippen molar-refractivity contribution in [2.24, 2.45) is 5.92 Å². The van der Waals surface area contributed by atoms with Gasteiger partial charge in [-0.3, -0.25) is 4.79 Å². The maximum absolute atomic E-state index is 12.6. The molecule has 6 nitrogen and oxygen atoms in total. The van der Waals surface area contributed by atoms with Crippen LogP contribution in [0.4, 0.5) is 5.95 Å². The predicted octanol–water partition coefficient (Wildman–Crippen LogP) is 0.935. The van der Waals surface area contributed by atoms with Crippen molar-refractivity contribution in [1.29, 1.82) is 0 Å². The summed E-state index contributed by atoms with van der Waals surface area (Å²) in [5, 5.41) is 3.36. The zero-order valence-corrected chi connectivity index (χ0v) is 13.8. The summed E-state index contributed by atoms with van der Waals surface area (Å²) < 4.78 is 0. The Morgan fingerprint density at radius 1 is 1.23 bits per heavy atom. The molecule has 0 bridgehead atoms. The molecule has 0 aromatic carbocycles. The highest BCUT2D eigenvalue weighted by molar-refractivity contribution is 5.85. The monoisotopic (exact) mass is 325 g/mol. The molecule has 3 heterocycles. The molecule has 2 aliphatic rings. The van der Waals surface area contributed by atoms with E-state index in [1.54, 1.807) is 12.4 Å². The Labute approximate surface area is 137 Å². The lowest BCUT2D eigenvalue weighted by molar-refractivity contribution is -0.134. The predicted molar refractivity (Wildman–Crippen MR) is 88.3 cm³/mol. The van der Waals surface area contributed by atoms with Gasteiger partial charge in [-0.2, -0.15) is 0 Å². The Balaban J connectivity index is 0.00000176. The molecule has 3 rings (SSSR count). The third kappa shape index (κ3) is 3.87. The Bertz CT molecular complexity index is 478. The van der Waals surface area contributed by atoms with E-state index in [4.69, 9.17) is 0 Å². The average Bonchev–Trinajstić information content (AvgIpc) is 2.55. The van der Waals surface area contributed by atoms with Crippen LogP contribution in [0.15, 0.2) is 18.5 Å². The number of carbonyl (C=O) groups excluding carboxylic acids is 1. The Morgan fingerprint density at radius 3 is 2.55 bits per heavy atom. The number of piperidine rings is 1. The summed E-state index contributed by atoms with van der Waals surface area (Å²) >= 11 is 0. The molecule has 0 saturated carbocycles. The highest BCUT2D eigenvalue weighted by Gasteiger charge is 2.30. The Kier molecular flexibility index (Phi) is 5.97. The number of carbonyl (C=O) groups is 1. The number of aromatic nitrogens is 2. The van der Waals surface area contributed by atoms with Crippen LogP contribution < -0.4 is 10.2 Å². The summed E-state index contributed by atoms with van der Waals surface area (Å²) in [6.45, 7) is 6.30. The molecule has 7 heteroatoms. The van der Waals surface area contributed by atoms with Crippen molar-refractivity contribution in [2.75, 3.05) is 37.6 Å². The van der Waals surface area contributed by atoms with Gasteiger partial charge < -0.3 is 15.1 Å². The molecule has 1 aromatic rings. The molecule has 1 amide bonds. The van der Waals surface area contributed by atoms with E-state index in [0.29, 0.717) is 5.92 Å². The van der Waals surface area contributed by atoms with Gasteiger partial charge in [-0.15, -0.1) is 12.4 Å². The molecule has 1 N–H and O–H groups in total. The standard InChI is InChI=1S/C15H23N5O.ClH/c1-12-3-6-16-13(11-12)14(21)19-7-9-20(10-8-19)15-17-4-2-5-18-15;/h2,4-5,12-13,16H,3,6-11H2,1H3;1H. The number of piperazine rings is 1. The highest BCUT2D eigenvalue weighted by atomic mass is 35.5. The second-order valence-electron chi connectivity index (χ2n) is 6.00. The summed E-state index contributed by atoms with van der Waals surface area (Å²) in [6.07, 6.45) is 5.64. The molecule has 0 radical (unpaired) electrons. The Morgan fingerprint density at radius 2 is 1.91 bits per heavy atom. The molecule has 2 unspecified atom stereocenters. The topological polar surface area (TPSA) is 61.4 Å². The minimum absolute atomic E-state index is 0. The van der Waals surface area contributed by atoms with E-state index >= 15 is 0 Å². The molecule has 0 spiro atoms. The van der Waals surface area contributed by atoms with Crippen LogP contribution in [0.2, 0.25) is 0 Å². The maximum atomic E-state index is 12.6. The fourth-order valence-corrected chi connectivity index (χ4v) is 3.10. The molecule has 2 saturated heterocycles. The van der Waals surface area contributed by atoms with Crippen LogP contribution in [0, 0.1) is 5.92 Å². The number of rotatable bonds is 2. The minimum atomic E-state index is 0. The van der Waals surface area contributed by atoms with E-state index < -0.39 is 0 Å². The molecule has 22 heavy (non-hydrogen) atoms. The Hall–Kier alpha value is -1.40. The molecule has 2 aliphatic heterocycles. The van der Waals surface area contributed by atoms with Gasteiger partial charge in [0.2, 0.25) is 11.9 Å². The first-order valence-electron chi connectivity index (χ1n) is 7.78. The second-order valence-corrected chi connectivity index (χ2v) is 6.00. The van der Waals surface area contributed by atoms with E-state index in [9.17, 15) is 4.79 Å². The number of hydrogen-bond donors (Lipinski definition) is 1. The van der Waals surface area contributed by atoms with Gasteiger partial charge in [-0.05, 0) is 31.4 Å². The van der Waals surface area contributed by atoms with Crippen LogP contribution in [-0.4, -0.2) is 59.5 Å². The number of anilines is 1. The molecular formula is C15H24ClN5O. The van der Waals surface area contributed by atoms with Crippen LogP contribution in [-0.2, 0) is 4.79 Å². The first-order valence-corrected chi connectivity index (χ1v) is 7.78. The summed E-state index contributed by atoms with van der Waals surface area (Å²) in [4.78, 5) is 25.2. The maximum Gasteiger partial charge on any atom is 0.239 e. The van der Waals surface area contributed by atoms with Crippen molar-refractivity contribution in [1.82, 2.24) is 20.2 Å². The van der Waals surface area contributed by atoms with Crippen molar-refractivity contribution in [3.05, 3.63) is 18.5 Å². The van der Waals surface area contributed by atoms with Gasteiger partial charge in [0, 0.05) is 38.6 Å². The smallest absolute Gasteiger partial charge is 0.239 e. The fraction of sp³-hybridized carbons (Fsp3) is 0.667. The number of nitrogens with one attached hydrogen (secondary N) is 1. The van der Waals surface area contributed by atoms with E-state index in [0.717, 1.165) is 45.1 Å². The summed E-state index contributed by atoms with van der Waals surface area (Å²) in [7, 11) is 0. The molecule has 2 fully saturated rings. The van der Waals surface area contributed by atoms with Crippen molar-refractivity contribution in [3.8, 4) is 0 Å². The molecule has 0 aliphatic carbocycles. The van der Waals surface area contributed by atoms with Gasteiger partial charge in [0.1, 0.15) is 0 Å². The molecule has 2 atom stereocenters. The van der Waals surface area contributed by atoms with Crippen molar-refractivity contribution < 1.29 is 4.79 Å². The fourth-order valence-electron chi connectivity index (χ4n) is 3.10. The third-order valence-electron chi connectivity index (χ3n) is 4.39. The van der Waals surface area contributed by atoms with Crippen molar-refractivity contribution in [2.45, 2.75) is 25.8 Å². The molecular weight excluding hydrogens is 302 g/mol. The number of halogens is 1. The first kappa shape index (κ1) is 17.0. The van der Waals surface area contributed by atoms with Crippen LogP contribution in [0.3, 0.4) is 0 Å². The van der Waals surface area contributed by atoms with Gasteiger partial charge in [0.15, 0.2) is 0 Å². The zero-order valence-electron chi connectivity index (χ0n) is 12.9. The van der Waals surface area contributed by atoms with E-state index in [1.165, 1.54) is 6.42 Å². The highest BCUT2D eigenvalue weighted by Crippen LogP contribution is 2.18. The SMILES string of the molecule is CC1CCNC(C(=O)N2CCN(c3ncccn3)CC2)C1.Cl. The summed E-state index contributed by atoms with van der Waals surface area (Å²) in [5.41, 5.74) is 0. The zero-order chi connectivity index (χ0) is 14.7. The summed E-state index contributed by atoms with van der Waals surface area (Å²) in [6, 6.07) is 1.83.